The van der Waals surface area contributed by atoms with E-state index in [0.717, 1.165) is 30.6 Å². The molecule has 0 radical (unpaired) electrons. The number of fused-ring (bicyclic) bond motifs is 1. The molecule has 0 aliphatic carbocycles. The van der Waals surface area contributed by atoms with Gasteiger partial charge in [0.1, 0.15) is 11.8 Å². The third-order valence-corrected chi connectivity index (χ3v) is 6.98. The van der Waals surface area contributed by atoms with Gasteiger partial charge in [-0.25, -0.2) is 9.78 Å². The number of aryl methyl sites for hydroxylation is 3. The maximum Gasteiger partial charge on any atom is 0.356 e. The molecule has 0 bridgehead atoms. The second-order valence-corrected chi connectivity index (χ2v) is 9.79. The van der Waals surface area contributed by atoms with Gasteiger partial charge in [0.05, 0.1) is 24.7 Å². The van der Waals surface area contributed by atoms with E-state index in [2.05, 4.69) is 22.7 Å². The Balaban J connectivity index is 1.49. The molecule has 10 heteroatoms. The summed E-state index contributed by atoms with van der Waals surface area (Å²) < 4.78 is 14.5. The molecule has 1 fully saturated rings. The van der Waals surface area contributed by atoms with Gasteiger partial charge >= 0.3 is 5.97 Å². The number of benzene rings is 1. The van der Waals surface area contributed by atoms with Crippen molar-refractivity contribution >= 4 is 34.3 Å². The summed E-state index contributed by atoms with van der Waals surface area (Å²) in [5.41, 5.74) is 3.18. The number of pyridine rings is 1. The number of nitrogens with one attached hydrogen (secondary N) is 2. The first-order valence-electron chi connectivity index (χ1n) is 13.3. The SMILES string of the molecule is COC(=O)c1c(NC(=O)C2CCCO2)c2cc(NC(C)CCn3cccn3)cnc2n1CCc1ccccc1. The number of methoxy groups -OCH3 is 1. The van der Waals surface area contributed by atoms with E-state index in [9.17, 15) is 9.59 Å². The predicted octanol–water partition coefficient (Wildman–Crippen LogP) is 4.27. The number of ether oxygens (including phenoxy) is 2. The van der Waals surface area contributed by atoms with Crippen molar-refractivity contribution in [2.24, 2.45) is 0 Å². The number of aromatic nitrogens is 4. The highest BCUT2D eigenvalue weighted by atomic mass is 16.5. The average Bonchev–Trinajstić information content (AvgIpc) is 3.73. The average molecular weight is 531 g/mol. The van der Waals surface area contributed by atoms with E-state index < -0.39 is 12.1 Å². The van der Waals surface area contributed by atoms with Gasteiger partial charge in [0.25, 0.3) is 5.91 Å². The molecule has 2 unspecified atom stereocenters. The van der Waals surface area contributed by atoms with Crippen LogP contribution in [0.3, 0.4) is 0 Å². The fourth-order valence-electron chi connectivity index (χ4n) is 4.95. The minimum Gasteiger partial charge on any atom is -0.464 e. The second kappa shape index (κ2) is 12.1. The first-order valence-corrected chi connectivity index (χ1v) is 13.3. The molecule has 2 N–H and O–H groups in total. The van der Waals surface area contributed by atoms with Crippen LogP contribution in [-0.4, -0.2) is 57.1 Å². The van der Waals surface area contributed by atoms with E-state index in [4.69, 9.17) is 14.5 Å². The molecule has 1 aliphatic rings. The molecule has 1 aliphatic heterocycles. The molecule has 0 spiro atoms. The molecule has 39 heavy (non-hydrogen) atoms. The molecule has 10 nitrogen and oxygen atoms in total. The lowest BCUT2D eigenvalue weighted by Gasteiger charge is -2.15. The van der Waals surface area contributed by atoms with Crippen molar-refractivity contribution in [3.05, 3.63) is 72.3 Å². The zero-order chi connectivity index (χ0) is 27.2. The minimum atomic E-state index is -0.546. The lowest BCUT2D eigenvalue weighted by molar-refractivity contribution is -0.124. The summed E-state index contributed by atoms with van der Waals surface area (Å²) in [4.78, 5) is 31.0. The Kier molecular flexibility index (Phi) is 8.21. The van der Waals surface area contributed by atoms with Gasteiger partial charge < -0.3 is 24.7 Å². The van der Waals surface area contributed by atoms with E-state index in [-0.39, 0.29) is 17.6 Å². The molecule has 5 rings (SSSR count). The molecule has 4 aromatic rings. The first kappa shape index (κ1) is 26.4. The molecule has 3 aromatic heterocycles. The van der Waals surface area contributed by atoms with Crippen LogP contribution in [0.1, 0.15) is 42.2 Å². The highest BCUT2D eigenvalue weighted by molar-refractivity contribution is 6.12. The summed E-state index contributed by atoms with van der Waals surface area (Å²) in [6.45, 7) is 3.91. The molecule has 1 amide bonds. The van der Waals surface area contributed by atoms with Crippen LogP contribution in [0.25, 0.3) is 11.0 Å². The van der Waals surface area contributed by atoms with Crippen molar-refractivity contribution in [3.63, 3.8) is 0 Å². The Labute approximate surface area is 227 Å². The predicted molar refractivity (Wildman–Crippen MR) is 149 cm³/mol. The van der Waals surface area contributed by atoms with Crippen molar-refractivity contribution in [2.75, 3.05) is 24.4 Å². The van der Waals surface area contributed by atoms with Crippen LogP contribution < -0.4 is 10.6 Å². The number of carbonyl (C=O) groups excluding carboxylic acids is 2. The summed E-state index contributed by atoms with van der Waals surface area (Å²) in [6.07, 6.45) is 7.93. The largest absolute Gasteiger partial charge is 0.464 e. The highest BCUT2D eigenvalue weighted by Crippen LogP contribution is 2.34. The molecule has 4 heterocycles. The zero-order valence-corrected chi connectivity index (χ0v) is 22.3. The number of anilines is 2. The number of carbonyl (C=O) groups is 2. The lowest BCUT2D eigenvalue weighted by Crippen LogP contribution is -2.28. The lowest BCUT2D eigenvalue weighted by atomic mass is 10.1. The summed E-state index contributed by atoms with van der Waals surface area (Å²) in [5.74, 6) is -0.809. The van der Waals surface area contributed by atoms with Crippen LogP contribution in [0.5, 0.6) is 0 Å². The van der Waals surface area contributed by atoms with Crippen LogP contribution in [0, 0.1) is 0 Å². The van der Waals surface area contributed by atoms with Crippen LogP contribution in [0.15, 0.2) is 61.1 Å². The van der Waals surface area contributed by atoms with Crippen LogP contribution >= 0.6 is 0 Å². The Bertz CT molecular complexity index is 1410. The molecular formula is C29H34N6O4. The molecule has 2 atom stereocenters. The number of nitrogens with zero attached hydrogens (tertiary/aromatic N) is 4. The molecule has 204 valence electrons. The van der Waals surface area contributed by atoms with Crippen LogP contribution in [0.4, 0.5) is 11.4 Å². The minimum absolute atomic E-state index is 0.138. The van der Waals surface area contributed by atoms with Gasteiger partial charge in [-0.1, -0.05) is 30.3 Å². The smallest absolute Gasteiger partial charge is 0.356 e. The number of esters is 1. The number of rotatable bonds is 11. The van der Waals surface area contributed by atoms with Gasteiger partial charge in [0, 0.05) is 43.5 Å². The van der Waals surface area contributed by atoms with E-state index in [1.807, 2.05) is 57.9 Å². The zero-order valence-electron chi connectivity index (χ0n) is 22.3. The summed E-state index contributed by atoms with van der Waals surface area (Å²) in [5, 5.41) is 11.4. The quantitative estimate of drug-likeness (QED) is 0.279. The van der Waals surface area contributed by atoms with Crippen molar-refractivity contribution in [1.29, 1.82) is 0 Å². The van der Waals surface area contributed by atoms with Crippen LogP contribution in [-0.2, 0) is 33.8 Å². The van der Waals surface area contributed by atoms with Gasteiger partial charge in [0.15, 0.2) is 5.69 Å². The van der Waals surface area contributed by atoms with E-state index >= 15 is 0 Å². The number of hydrogen-bond acceptors (Lipinski definition) is 7. The van der Waals surface area contributed by atoms with Crippen molar-refractivity contribution in [3.8, 4) is 0 Å². The number of amides is 1. The standard InChI is InChI=1S/C29H34N6O4/c1-20(11-15-34-14-7-13-31-34)32-22-18-23-25(33-28(36)24-10-6-17-39-24)26(29(37)38-2)35(27(23)30-19-22)16-12-21-8-4-3-5-9-21/h3-5,7-9,13-14,18-20,24,32H,6,10-12,15-17H2,1-2H3,(H,33,36). The monoisotopic (exact) mass is 530 g/mol. The fraction of sp³-hybridized carbons (Fsp3) is 0.379. The Hall–Kier alpha value is -4.18. The van der Waals surface area contributed by atoms with Gasteiger partial charge in [-0.15, -0.1) is 0 Å². The van der Waals surface area contributed by atoms with Crippen LogP contribution in [0.2, 0.25) is 0 Å². The van der Waals surface area contributed by atoms with Crippen molar-refractivity contribution < 1.29 is 19.1 Å². The summed E-state index contributed by atoms with van der Waals surface area (Å²) in [6, 6.07) is 14.0. The van der Waals surface area contributed by atoms with Gasteiger partial charge in [-0.3, -0.25) is 9.48 Å². The summed E-state index contributed by atoms with van der Waals surface area (Å²) >= 11 is 0. The van der Waals surface area contributed by atoms with Crippen molar-refractivity contribution in [2.45, 2.75) is 57.8 Å². The first-order chi connectivity index (χ1) is 19.0. The Morgan fingerprint density at radius 3 is 2.77 bits per heavy atom. The normalized spacial score (nSPS) is 15.8. The third-order valence-electron chi connectivity index (χ3n) is 6.98. The third kappa shape index (κ3) is 6.12. The maximum absolute atomic E-state index is 13.1. The van der Waals surface area contributed by atoms with Gasteiger partial charge in [-0.2, -0.15) is 5.10 Å². The molecule has 1 saturated heterocycles. The Morgan fingerprint density at radius 1 is 1.21 bits per heavy atom. The van der Waals surface area contributed by atoms with Crippen molar-refractivity contribution in [1.82, 2.24) is 19.3 Å². The second-order valence-electron chi connectivity index (χ2n) is 9.79. The maximum atomic E-state index is 13.1. The van der Waals surface area contributed by atoms with Gasteiger partial charge in [0.2, 0.25) is 0 Å². The molecule has 1 aromatic carbocycles. The Morgan fingerprint density at radius 2 is 2.05 bits per heavy atom. The summed E-state index contributed by atoms with van der Waals surface area (Å²) in [7, 11) is 1.34. The molecular weight excluding hydrogens is 496 g/mol. The molecule has 0 saturated carbocycles. The van der Waals surface area contributed by atoms with E-state index in [1.165, 1.54) is 7.11 Å². The van der Waals surface area contributed by atoms with E-state index in [1.54, 1.807) is 12.4 Å². The number of hydrogen-bond donors (Lipinski definition) is 2. The highest BCUT2D eigenvalue weighted by Gasteiger charge is 2.30. The van der Waals surface area contributed by atoms with Gasteiger partial charge in [-0.05, 0) is 50.3 Å². The fourth-order valence-corrected chi connectivity index (χ4v) is 4.95. The topological polar surface area (TPSA) is 112 Å². The van der Waals surface area contributed by atoms with E-state index in [0.29, 0.717) is 42.7 Å².